The number of aldehydes is 1. The first kappa shape index (κ1) is 13.0. The molecule has 0 aliphatic carbocycles. The lowest BCUT2D eigenvalue weighted by Gasteiger charge is -1.84. The molecule has 0 rings (SSSR count). The SMILES string of the molecule is COCSC.CSCC=O. The molecule has 0 fully saturated rings. The molecular formula is C6H14O2S2. The van der Waals surface area contributed by atoms with Gasteiger partial charge >= 0.3 is 0 Å². The number of carbonyl (C=O) groups excluding carboxylic acids is 1. The monoisotopic (exact) mass is 182 g/mol. The van der Waals surface area contributed by atoms with Crippen LogP contribution in [0.1, 0.15) is 0 Å². The van der Waals surface area contributed by atoms with Crippen LogP contribution in [0.5, 0.6) is 0 Å². The molecule has 0 aliphatic heterocycles. The van der Waals surface area contributed by atoms with Crippen LogP contribution < -0.4 is 0 Å². The molecule has 0 amide bonds. The number of hydrogen-bond donors (Lipinski definition) is 0. The zero-order valence-corrected chi connectivity index (χ0v) is 8.26. The van der Waals surface area contributed by atoms with Crippen LogP contribution in [0.2, 0.25) is 0 Å². The second-order valence-electron chi connectivity index (χ2n) is 1.32. The third-order valence-electron chi connectivity index (χ3n) is 0.470. The van der Waals surface area contributed by atoms with Gasteiger partial charge in [-0.1, -0.05) is 0 Å². The number of carbonyl (C=O) groups is 1. The van der Waals surface area contributed by atoms with E-state index in [0.29, 0.717) is 5.75 Å². The van der Waals surface area contributed by atoms with Gasteiger partial charge in [0, 0.05) is 12.9 Å². The van der Waals surface area contributed by atoms with E-state index in [-0.39, 0.29) is 0 Å². The van der Waals surface area contributed by atoms with Crippen molar-refractivity contribution in [1.82, 2.24) is 0 Å². The van der Waals surface area contributed by atoms with Crippen molar-refractivity contribution < 1.29 is 9.53 Å². The Morgan fingerprint density at radius 1 is 1.40 bits per heavy atom. The zero-order chi connectivity index (χ0) is 8.24. The van der Waals surface area contributed by atoms with Gasteiger partial charge in [-0.3, -0.25) is 0 Å². The highest BCUT2D eigenvalue weighted by Gasteiger charge is 1.66. The highest BCUT2D eigenvalue weighted by atomic mass is 32.2. The molecule has 0 radical (unpaired) electrons. The van der Waals surface area contributed by atoms with E-state index in [1.54, 1.807) is 18.9 Å². The molecule has 0 N–H and O–H groups in total. The molecule has 2 nitrogen and oxygen atoms in total. The standard InChI is InChI=1S/C3H8OS.C3H6OS/c1-4-3-5-2;1-5-3-2-4/h3H2,1-2H3;2H,3H2,1H3. The summed E-state index contributed by atoms with van der Waals surface area (Å²) in [5, 5.41) is 0. The van der Waals surface area contributed by atoms with Crippen molar-refractivity contribution in [2.45, 2.75) is 0 Å². The van der Waals surface area contributed by atoms with Crippen LogP contribution in [0.15, 0.2) is 0 Å². The lowest BCUT2D eigenvalue weighted by atomic mass is 10.9. The van der Waals surface area contributed by atoms with E-state index in [4.69, 9.17) is 0 Å². The average molecular weight is 182 g/mol. The lowest BCUT2D eigenvalue weighted by Crippen LogP contribution is -1.75. The molecule has 0 atom stereocenters. The highest BCUT2D eigenvalue weighted by molar-refractivity contribution is 7.99. The number of ether oxygens (including phenoxy) is 1. The molecule has 0 aliphatic rings. The van der Waals surface area contributed by atoms with Crippen molar-refractivity contribution in [3.63, 3.8) is 0 Å². The van der Waals surface area contributed by atoms with Crippen molar-refractivity contribution in [2.24, 2.45) is 0 Å². The summed E-state index contributed by atoms with van der Waals surface area (Å²) in [5.41, 5.74) is 0. The van der Waals surface area contributed by atoms with Crippen LogP contribution in [0.4, 0.5) is 0 Å². The minimum atomic E-state index is 0.625. The van der Waals surface area contributed by atoms with Crippen molar-refractivity contribution in [3.05, 3.63) is 0 Å². The normalized spacial score (nSPS) is 7.90. The molecule has 62 valence electrons. The van der Waals surface area contributed by atoms with Gasteiger partial charge in [0.1, 0.15) is 6.29 Å². The summed E-state index contributed by atoms with van der Waals surface area (Å²) < 4.78 is 4.65. The average Bonchev–Trinajstić information content (AvgIpc) is 1.93. The van der Waals surface area contributed by atoms with Gasteiger partial charge in [-0.05, 0) is 12.5 Å². The van der Waals surface area contributed by atoms with Gasteiger partial charge in [0.2, 0.25) is 0 Å². The summed E-state index contributed by atoms with van der Waals surface area (Å²) in [6.07, 6.45) is 4.79. The molecule has 0 spiro atoms. The molecular weight excluding hydrogens is 168 g/mol. The number of methoxy groups -OCH3 is 1. The minimum absolute atomic E-state index is 0.625. The maximum Gasteiger partial charge on any atom is 0.129 e. The van der Waals surface area contributed by atoms with E-state index < -0.39 is 0 Å². The molecule has 4 heteroatoms. The first-order chi connectivity index (χ1) is 4.83. The quantitative estimate of drug-likeness (QED) is 0.486. The minimum Gasteiger partial charge on any atom is -0.374 e. The van der Waals surface area contributed by atoms with Gasteiger partial charge in [-0.15, -0.1) is 11.8 Å². The lowest BCUT2D eigenvalue weighted by molar-refractivity contribution is -0.105. The molecule has 0 aromatic carbocycles. The Hall–Kier alpha value is 0.330. The summed E-state index contributed by atoms with van der Waals surface area (Å²) in [4.78, 5) is 9.38. The van der Waals surface area contributed by atoms with Gasteiger partial charge in [0.05, 0.1) is 5.94 Å². The topological polar surface area (TPSA) is 26.3 Å². The molecule has 0 aromatic rings. The Morgan fingerprint density at radius 2 is 2.00 bits per heavy atom. The first-order valence-electron chi connectivity index (χ1n) is 2.73. The first-order valence-corrected chi connectivity index (χ1v) is 5.52. The second kappa shape index (κ2) is 16.2. The van der Waals surface area contributed by atoms with Crippen LogP contribution in [-0.2, 0) is 9.53 Å². The van der Waals surface area contributed by atoms with Crippen molar-refractivity contribution in [1.29, 1.82) is 0 Å². The molecule has 0 bridgehead atoms. The third kappa shape index (κ3) is 23.9. The van der Waals surface area contributed by atoms with E-state index in [0.717, 1.165) is 12.2 Å². The fourth-order valence-electron chi connectivity index (χ4n) is 0.186. The maximum absolute atomic E-state index is 9.38. The van der Waals surface area contributed by atoms with E-state index in [2.05, 4.69) is 4.74 Å². The molecule has 10 heavy (non-hydrogen) atoms. The molecule has 0 unspecified atom stereocenters. The predicted octanol–water partition coefficient (Wildman–Crippen LogP) is 1.50. The van der Waals surface area contributed by atoms with Gasteiger partial charge in [0.15, 0.2) is 0 Å². The van der Waals surface area contributed by atoms with Crippen molar-refractivity contribution >= 4 is 29.8 Å². The molecule has 0 saturated heterocycles. The fraction of sp³-hybridized carbons (Fsp3) is 0.833. The van der Waals surface area contributed by atoms with Crippen LogP contribution in [0.25, 0.3) is 0 Å². The van der Waals surface area contributed by atoms with Crippen molar-refractivity contribution in [2.75, 3.05) is 31.3 Å². The van der Waals surface area contributed by atoms with Gasteiger partial charge in [0.25, 0.3) is 0 Å². The number of rotatable bonds is 4. The summed E-state index contributed by atoms with van der Waals surface area (Å²) >= 11 is 3.21. The number of thioether (sulfide) groups is 2. The summed E-state index contributed by atoms with van der Waals surface area (Å²) in [6, 6.07) is 0. The summed E-state index contributed by atoms with van der Waals surface area (Å²) in [6.45, 7) is 0. The van der Waals surface area contributed by atoms with Gasteiger partial charge < -0.3 is 9.53 Å². The Morgan fingerprint density at radius 3 is 2.00 bits per heavy atom. The Labute approximate surface area is 71.1 Å². The number of hydrogen-bond acceptors (Lipinski definition) is 4. The van der Waals surface area contributed by atoms with E-state index in [9.17, 15) is 4.79 Å². The smallest absolute Gasteiger partial charge is 0.129 e. The van der Waals surface area contributed by atoms with Crippen LogP contribution >= 0.6 is 23.5 Å². The third-order valence-corrected chi connectivity index (χ3v) is 1.41. The highest BCUT2D eigenvalue weighted by Crippen LogP contribution is 1.86. The van der Waals surface area contributed by atoms with E-state index in [1.807, 2.05) is 12.5 Å². The Kier molecular flexibility index (Phi) is 20.9. The summed E-state index contributed by atoms with van der Waals surface area (Å²) in [5.74, 6) is 1.43. The maximum atomic E-state index is 9.38. The van der Waals surface area contributed by atoms with Crippen LogP contribution in [-0.4, -0.2) is 37.6 Å². The molecule has 0 saturated carbocycles. The summed E-state index contributed by atoms with van der Waals surface area (Å²) in [7, 11) is 1.69. The second-order valence-corrected chi connectivity index (χ2v) is 3.04. The van der Waals surface area contributed by atoms with E-state index >= 15 is 0 Å². The van der Waals surface area contributed by atoms with E-state index in [1.165, 1.54) is 11.8 Å². The van der Waals surface area contributed by atoms with Gasteiger partial charge in [-0.25, -0.2) is 0 Å². The van der Waals surface area contributed by atoms with Crippen LogP contribution in [0.3, 0.4) is 0 Å². The molecule has 0 heterocycles. The van der Waals surface area contributed by atoms with Crippen molar-refractivity contribution in [3.8, 4) is 0 Å². The van der Waals surface area contributed by atoms with Gasteiger partial charge in [-0.2, -0.15) is 11.8 Å². The Bertz CT molecular complexity index is 57.7. The molecule has 0 aromatic heterocycles. The predicted molar refractivity (Wildman–Crippen MR) is 49.8 cm³/mol. The zero-order valence-electron chi connectivity index (χ0n) is 6.62. The fourth-order valence-corrected chi connectivity index (χ4v) is 0.558. The largest absolute Gasteiger partial charge is 0.374 e. The Balaban J connectivity index is 0. The van der Waals surface area contributed by atoms with Crippen LogP contribution in [0, 0.1) is 0 Å².